The molecule has 2 atom stereocenters. The van der Waals surface area contributed by atoms with Crippen LogP contribution in [0.3, 0.4) is 0 Å². The zero-order valence-corrected chi connectivity index (χ0v) is 14.4. The summed E-state index contributed by atoms with van der Waals surface area (Å²) in [6.45, 7) is 9.67. The SMILES string of the molecule is CCC(C)C(C)(NC(=O)Cc1ccc(C)cc1C)C(=O)OC. The van der Waals surface area contributed by atoms with E-state index in [-0.39, 0.29) is 18.2 Å². The first-order valence-corrected chi connectivity index (χ1v) is 7.70. The van der Waals surface area contributed by atoms with E-state index in [4.69, 9.17) is 4.74 Å². The molecule has 22 heavy (non-hydrogen) atoms. The van der Waals surface area contributed by atoms with Crippen LogP contribution >= 0.6 is 0 Å². The van der Waals surface area contributed by atoms with Crippen molar-refractivity contribution in [2.45, 2.75) is 53.0 Å². The molecule has 4 nitrogen and oxygen atoms in total. The minimum Gasteiger partial charge on any atom is -0.467 e. The zero-order chi connectivity index (χ0) is 16.9. The number of nitrogens with one attached hydrogen (secondary N) is 1. The van der Waals surface area contributed by atoms with E-state index in [2.05, 4.69) is 11.4 Å². The molecule has 1 aromatic rings. The van der Waals surface area contributed by atoms with Crippen molar-refractivity contribution in [3.05, 3.63) is 34.9 Å². The molecule has 0 saturated heterocycles. The molecular weight excluding hydrogens is 278 g/mol. The quantitative estimate of drug-likeness (QED) is 0.822. The highest BCUT2D eigenvalue weighted by Crippen LogP contribution is 2.22. The Labute approximate surface area is 133 Å². The number of ether oxygens (including phenoxy) is 1. The fraction of sp³-hybridized carbons (Fsp3) is 0.556. The van der Waals surface area contributed by atoms with Crippen LogP contribution in [0.1, 0.15) is 43.9 Å². The molecule has 0 fully saturated rings. The van der Waals surface area contributed by atoms with Crippen LogP contribution in [-0.4, -0.2) is 24.5 Å². The van der Waals surface area contributed by atoms with Gasteiger partial charge in [-0.2, -0.15) is 0 Å². The minimum absolute atomic E-state index is 0.0111. The first-order chi connectivity index (χ1) is 10.2. The third-order valence-electron chi connectivity index (χ3n) is 4.46. The van der Waals surface area contributed by atoms with Gasteiger partial charge < -0.3 is 10.1 Å². The molecule has 0 aliphatic carbocycles. The second kappa shape index (κ2) is 7.43. The summed E-state index contributed by atoms with van der Waals surface area (Å²) >= 11 is 0. The van der Waals surface area contributed by atoms with E-state index in [9.17, 15) is 9.59 Å². The number of carbonyl (C=O) groups is 2. The van der Waals surface area contributed by atoms with E-state index in [0.717, 1.165) is 17.5 Å². The summed E-state index contributed by atoms with van der Waals surface area (Å²) in [5.74, 6) is -0.584. The summed E-state index contributed by atoms with van der Waals surface area (Å²) in [6.07, 6.45) is 1.03. The predicted octanol–water partition coefficient (Wildman–Crippen LogP) is 2.94. The summed E-state index contributed by atoms with van der Waals surface area (Å²) in [6, 6.07) is 6.00. The molecule has 1 amide bonds. The molecule has 122 valence electrons. The molecule has 0 aromatic heterocycles. The summed E-state index contributed by atoms with van der Waals surface area (Å²) < 4.78 is 4.88. The number of benzene rings is 1. The lowest BCUT2D eigenvalue weighted by molar-refractivity contribution is -0.152. The van der Waals surface area contributed by atoms with Crippen LogP contribution in [0, 0.1) is 19.8 Å². The van der Waals surface area contributed by atoms with Gasteiger partial charge in [0.2, 0.25) is 5.91 Å². The number of hydrogen-bond donors (Lipinski definition) is 1. The number of carbonyl (C=O) groups excluding carboxylic acids is 2. The summed E-state index contributed by atoms with van der Waals surface area (Å²) in [4.78, 5) is 24.5. The number of methoxy groups -OCH3 is 1. The van der Waals surface area contributed by atoms with Crippen molar-refractivity contribution >= 4 is 11.9 Å². The molecular formula is C18H27NO3. The van der Waals surface area contributed by atoms with E-state index in [1.54, 1.807) is 6.92 Å². The highest BCUT2D eigenvalue weighted by atomic mass is 16.5. The zero-order valence-electron chi connectivity index (χ0n) is 14.4. The van der Waals surface area contributed by atoms with Crippen LogP contribution in [0.15, 0.2) is 18.2 Å². The Kier molecular flexibility index (Phi) is 6.15. The topological polar surface area (TPSA) is 55.4 Å². The summed E-state index contributed by atoms with van der Waals surface area (Å²) in [5, 5.41) is 2.87. The maximum atomic E-state index is 12.4. The minimum atomic E-state index is -1.00. The molecule has 1 aromatic carbocycles. The maximum absolute atomic E-state index is 12.4. The maximum Gasteiger partial charge on any atom is 0.331 e. The van der Waals surface area contributed by atoms with Gasteiger partial charge in [-0.3, -0.25) is 4.79 Å². The van der Waals surface area contributed by atoms with Crippen LogP contribution in [0.25, 0.3) is 0 Å². The van der Waals surface area contributed by atoms with Crippen molar-refractivity contribution in [2.24, 2.45) is 5.92 Å². The van der Waals surface area contributed by atoms with Gasteiger partial charge in [0, 0.05) is 0 Å². The first-order valence-electron chi connectivity index (χ1n) is 7.70. The van der Waals surface area contributed by atoms with Gasteiger partial charge in [-0.15, -0.1) is 0 Å². The van der Waals surface area contributed by atoms with E-state index < -0.39 is 11.5 Å². The first kappa shape index (κ1) is 18.2. The number of amides is 1. The van der Waals surface area contributed by atoms with Gasteiger partial charge in [0.05, 0.1) is 13.5 Å². The second-order valence-corrected chi connectivity index (χ2v) is 6.16. The number of hydrogen-bond acceptors (Lipinski definition) is 3. The molecule has 4 heteroatoms. The van der Waals surface area contributed by atoms with Crippen LogP contribution < -0.4 is 5.32 Å². The lowest BCUT2D eigenvalue weighted by Gasteiger charge is -2.33. The van der Waals surface area contributed by atoms with Gasteiger partial charge in [0.15, 0.2) is 0 Å². The molecule has 1 N–H and O–H groups in total. The van der Waals surface area contributed by atoms with Crippen LogP contribution in [-0.2, 0) is 20.7 Å². The van der Waals surface area contributed by atoms with E-state index in [1.807, 2.05) is 39.8 Å². The Balaban J connectivity index is 2.90. The van der Waals surface area contributed by atoms with Gasteiger partial charge >= 0.3 is 5.97 Å². The van der Waals surface area contributed by atoms with Crippen molar-refractivity contribution in [1.82, 2.24) is 5.32 Å². The third-order valence-corrected chi connectivity index (χ3v) is 4.46. The molecule has 0 heterocycles. The predicted molar refractivity (Wildman–Crippen MR) is 87.6 cm³/mol. The number of esters is 1. The normalized spacial score (nSPS) is 14.8. The van der Waals surface area contributed by atoms with E-state index in [1.165, 1.54) is 12.7 Å². The fourth-order valence-corrected chi connectivity index (χ4v) is 2.55. The highest BCUT2D eigenvalue weighted by Gasteiger charge is 2.40. The van der Waals surface area contributed by atoms with Gasteiger partial charge in [0.25, 0.3) is 0 Å². The van der Waals surface area contributed by atoms with Gasteiger partial charge in [-0.05, 0) is 37.8 Å². The Hall–Kier alpha value is -1.84. The molecule has 0 radical (unpaired) electrons. The molecule has 0 bridgehead atoms. The lowest BCUT2D eigenvalue weighted by Crippen LogP contribution is -2.57. The van der Waals surface area contributed by atoms with Crippen LogP contribution in [0.4, 0.5) is 0 Å². The monoisotopic (exact) mass is 305 g/mol. The molecule has 0 saturated carbocycles. The molecule has 2 unspecified atom stereocenters. The standard InChI is InChI=1S/C18H27NO3/c1-7-14(4)18(5,17(21)22-6)19-16(20)11-15-9-8-12(2)10-13(15)3/h8-10,14H,7,11H2,1-6H3,(H,19,20). The lowest BCUT2D eigenvalue weighted by atomic mass is 9.84. The fourth-order valence-electron chi connectivity index (χ4n) is 2.55. The summed E-state index contributed by atoms with van der Waals surface area (Å²) in [5.41, 5.74) is 2.22. The molecule has 0 aliphatic rings. The van der Waals surface area contributed by atoms with Crippen molar-refractivity contribution in [2.75, 3.05) is 7.11 Å². The molecule has 0 aliphatic heterocycles. The Morgan fingerprint density at radius 2 is 1.95 bits per heavy atom. The van der Waals surface area contributed by atoms with Crippen LogP contribution in [0.2, 0.25) is 0 Å². The average Bonchev–Trinajstić information content (AvgIpc) is 2.48. The van der Waals surface area contributed by atoms with Crippen molar-refractivity contribution in [3.8, 4) is 0 Å². The van der Waals surface area contributed by atoms with E-state index in [0.29, 0.717) is 0 Å². The van der Waals surface area contributed by atoms with E-state index >= 15 is 0 Å². The van der Waals surface area contributed by atoms with Crippen LogP contribution in [0.5, 0.6) is 0 Å². The van der Waals surface area contributed by atoms with Gasteiger partial charge in [-0.1, -0.05) is 44.0 Å². The number of aryl methyl sites for hydroxylation is 2. The number of rotatable bonds is 6. The average molecular weight is 305 g/mol. The Bertz CT molecular complexity index is 553. The highest BCUT2D eigenvalue weighted by molar-refractivity contribution is 5.89. The smallest absolute Gasteiger partial charge is 0.331 e. The Morgan fingerprint density at radius 3 is 2.45 bits per heavy atom. The van der Waals surface area contributed by atoms with Crippen molar-refractivity contribution in [1.29, 1.82) is 0 Å². The van der Waals surface area contributed by atoms with Gasteiger partial charge in [0.1, 0.15) is 5.54 Å². The third kappa shape index (κ3) is 4.09. The molecule has 1 rings (SSSR count). The van der Waals surface area contributed by atoms with Crippen molar-refractivity contribution in [3.63, 3.8) is 0 Å². The molecule has 0 spiro atoms. The van der Waals surface area contributed by atoms with Crippen molar-refractivity contribution < 1.29 is 14.3 Å². The summed E-state index contributed by atoms with van der Waals surface area (Å²) in [7, 11) is 1.35. The second-order valence-electron chi connectivity index (χ2n) is 6.16. The van der Waals surface area contributed by atoms with Gasteiger partial charge in [-0.25, -0.2) is 4.79 Å². The largest absolute Gasteiger partial charge is 0.467 e. The Morgan fingerprint density at radius 1 is 1.32 bits per heavy atom.